The van der Waals surface area contributed by atoms with E-state index in [2.05, 4.69) is 25.0 Å². The van der Waals surface area contributed by atoms with Crippen LogP contribution in [0.2, 0.25) is 19.6 Å². The lowest BCUT2D eigenvalue weighted by atomic mass is 10.1. The number of para-hydroxylation sites is 1. The Labute approximate surface area is 114 Å². The van der Waals surface area contributed by atoms with Crippen LogP contribution in [0, 0.1) is 0 Å². The minimum absolute atomic E-state index is 0.0360. The Morgan fingerprint density at radius 1 is 1.47 bits per heavy atom. The van der Waals surface area contributed by atoms with Crippen molar-refractivity contribution in [1.29, 1.82) is 0 Å². The van der Waals surface area contributed by atoms with E-state index in [1.54, 1.807) is 0 Å². The summed E-state index contributed by atoms with van der Waals surface area (Å²) in [7, 11) is -1.71. The highest BCUT2D eigenvalue weighted by Gasteiger charge is 2.27. The zero-order valence-corrected chi connectivity index (χ0v) is 12.5. The van der Waals surface area contributed by atoms with Gasteiger partial charge < -0.3 is 20.2 Å². The molecule has 1 aromatic carbocycles. The molecule has 1 aliphatic rings. The normalized spacial score (nSPS) is 16.3. The number of hydrogen-bond donors (Lipinski definition) is 2. The van der Waals surface area contributed by atoms with Crippen molar-refractivity contribution in [2.45, 2.75) is 25.7 Å². The van der Waals surface area contributed by atoms with Crippen LogP contribution in [0.4, 0.5) is 5.69 Å². The SMILES string of the molecule is C[Si](C)(C)O[C@@H](CN)c1cccc2c1OCC(=O)N2. The molecule has 0 spiro atoms. The predicted molar refractivity (Wildman–Crippen MR) is 76.8 cm³/mol. The number of nitrogens with one attached hydrogen (secondary N) is 1. The highest BCUT2D eigenvalue weighted by atomic mass is 28.4. The maximum atomic E-state index is 11.3. The third-order valence-corrected chi connectivity index (χ3v) is 3.72. The van der Waals surface area contributed by atoms with E-state index >= 15 is 0 Å². The standard InChI is InChI=1S/C13H20N2O3Si/c1-19(2,3)18-11(7-14)9-5-4-6-10-13(9)17-8-12(16)15-10/h4-6,11H,7-8,14H2,1-3H3,(H,15,16)/t11-/m0/s1. The highest BCUT2D eigenvalue weighted by Crippen LogP contribution is 2.37. The van der Waals surface area contributed by atoms with Gasteiger partial charge in [-0.1, -0.05) is 12.1 Å². The van der Waals surface area contributed by atoms with Gasteiger partial charge in [0, 0.05) is 12.1 Å². The van der Waals surface area contributed by atoms with Crippen LogP contribution in [-0.2, 0) is 9.22 Å². The second-order valence-corrected chi connectivity index (χ2v) is 9.98. The van der Waals surface area contributed by atoms with Gasteiger partial charge in [0.25, 0.3) is 5.91 Å². The summed E-state index contributed by atoms with van der Waals surface area (Å²) in [6, 6.07) is 5.63. The van der Waals surface area contributed by atoms with Crippen molar-refractivity contribution in [1.82, 2.24) is 0 Å². The molecule has 0 aromatic heterocycles. The molecule has 1 aliphatic heterocycles. The zero-order chi connectivity index (χ0) is 14.0. The summed E-state index contributed by atoms with van der Waals surface area (Å²) >= 11 is 0. The number of nitrogens with two attached hydrogens (primary N) is 1. The molecular formula is C13H20N2O3Si. The van der Waals surface area contributed by atoms with Crippen molar-refractivity contribution in [3.05, 3.63) is 23.8 Å². The molecule has 0 saturated heterocycles. The fraction of sp³-hybridized carbons (Fsp3) is 0.462. The lowest BCUT2D eigenvalue weighted by molar-refractivity contribution is -0.118. The average Bonchev–Trinajstić information content (AvgIpc) is 2.34. The maximum Gasteiger partial charge on any atom is 0.262 e. The number of amides is 1. The molecule has 1 atom stereocenters. The summed E-state index contributed by atoms with van der Waals surface area (Å²) in [5, 5.41) is 2.79. The van der Waals surface area contributed by atoms with Gasteiger partial charge in [-0.05, 0) is 25.7 Å². The quantitative estimate of drug-likeness (QED) is 0.826. The minimum Gasteiger partial charge on any atom is -0.481 e. The fourth-order valence-corrected chi connectivity index (χ4v) is 3.13. The van der Waals surface area contributed by atoms with Crippen LogP contribution in [0.3, 0.4) is 0 Å². The summed E-state index contributed by atoms with van der Waals surface area (Å²) < 4.78 is 11.6. The van der Waals surface area contributed by atoms with Crippen molar-refractivity contribution < 1.29 is 14.0 Å². The fourth-order valence-electron chi connectivity index (χ4n) is 2.06. The highest BCUT2D eigenvalue weighted by molar-refractivity contribution is 6.69. The molecule has 2 rings (SSSR count). The lowest BCUT2D eigenvalue weighted by Crippen LogP contribution is -2.32. The van der Waals surface area contributed by atoms with E-state index in [9.17, 15) is 4.79 Å². The Balaban J connectivity index is 2.33. The molecule has 6 heteroatoms. The van der Waals surface area contributed by atoms with Crippen molar-refractivity contribution in [2.24, 2.45) is 5.73 Å². The topological polar surface area (TPSA) is 73.6 Å². The van der Waals surface area contributed by atoms with Crippen LogP contribution in [0.5, 0.6) is 5.75 Å². The first kappa shape index (κ1) is 14.0. The van der Waals surface area contributed by atoms with Gasteiger partial charge in [-0.3, -0.25) is 4.79 Å². The Morgan fingerprint density at radius 2 is 2.21 bits per heavy atom. The number of fused-ring (bicyclic) bond motifs is 1. The molecule has 104 valence electrons. The van der Waals surface area contributed by atoms with Gasteiger partial charge in [0.05, 0.1) is 11.8 Å². The van der Waals surface area contributed by atoms with Crippen LogP contribution < -0.4 is 15.8 Å². The van der Waals surface area contributed by atoms with E-state index < -0.39 is 8.32 Å². The second kappa shape index (κ2) is 5.32. The summed E-state index contributed by atoms with van der Waals surface area (Å²) in [6.07, 6.45) is -0.198. The van der Waals surface area contributed by atoms with Crippen LogP contribution in [0.25, 0.3) is 0 Å². The van der Waals surface area contributed by atoms with Crippen molar-refractivity contribution >= 4 is 19.9 Å². The first-order valence-corrected chi connectivity index (χ1v) is 9.75. The Bertz CT molecular complexity index is 485. The maximum absolute atomic E-state index is 11.3. The molecule has 1 aromatic rings. The van der Waals surface area contributed by atoms with E-state index in [1.807, 2.05) is 18.2 Å². The van der Waals surface area contributed by atoms with Gasteiger partial charge in [0.2, 0.25) is 0 Å². The molecule has 0 fully saturated rings. The van der Waals surface area contributed by atoms with E-state index in [0.717, 1.165) is 5.56 Å². The first-order valence-electron chi connectivity index (χ1n) is 6.34. The van der Waals surface area contributed by atoms with E-state index in [4.69, 9.17) is 14.9 Å². The molecule has 0 saturated carbocycles. The lowest BCUT2D eigenvalue weighted by Gasteiger charge is -2.29. The molecule has 1 heterocycles. The van der Waals surface area contributed by atoms with Gasteiger partial charge in [-0.2, -0.15) is 0 Å². The number of anilines is 1. The zero-order valence-electron chi connectivity index (χ0n) is 11.5. The van der Waals surface area contributed by atoms with Crippen LogP contribution in [0.15, 0.2) is 18.2 Å². The Morgan fingerprint density at radius 3 is 2.84 bits per heavy atom. The molecule has 0 unspecified atom stereocenters. The van der Waals surface area contributed by atoms with Crippen LogP contribution in [0.1, 0.15) is 11.7 Å². The molecule has 5 nitrogen and oxygen atoms in total. The minimum atomic E-state index is -1.71. The van der Waals surface area contributed by atoms with Crippen molar-refractivity contribution in [3.8, 4) is 5.75 Å². The van der Waals surface area contributed by atoms with Gasteiger partial charge in [-0.25, -0.2) is 0 Å². The Hall–Kier alpha value is -1.37. The second-order valence-electron chi connectivity index (χ2n) is 5.52. The largest absolute Gasteiger partial charge is 0.481 e. The van der Waals surface area contributed by atoms with Gasteiger partial charge in [0.1, 0.15) is 5.75 Å². The van der Waals surface area contributed by atoms with Crippen LogP contribution in [-0.4, -0.2) is 27.4 Å². The van der Waals surface area contributed by atoms with Gasteiger partial charge in [-0.15, -0.1) is 0 Å². The molecule has 3 N–H and O–H groups in total. The van der Waals surface area contributed by atoms with E-state index in [1.165, 1.54) is 0 Å². The number of carbonyl (C=O) groups excluding carboxylic acids is 1. The number of hydrogen-bond acceptors (Lipinski definition) is 4. The third-order valence-electron chi connectivity index (χ3n) is 2.72. The number of benzene rings is 1. The van der Waals surface area contributed by atoms with Crippen LogP contribution >= 0.6 is 0 Å². The summed E-state index contributed by atoms with van der Waals surface area (Å²) in [6.45, 7) is 6.78. The third kappa shape index (κ3) is 3.34. The molecule has 0 aliphatic carbocycles. The molecule has 1 amide bonds. The van der Waals surface area contributed by atoms with E-state index in [-0.39, 0.29) is 18.6 Å². The van der Waals surface area contributed by atoms with Gasteiger partial charge in [0.15, 0.2) is 14.9 Å². The molecule has 0 bridgehead atoms. The smallest absolute Gasteiger partial charge is 0.262 e. The molecule has 0 radical (unpaired) electrons. The van der Waals surface area contributed by atoms with Crippen molar-refractivity contribution in [2.75, 3.05) is 18.5 Å². The number of ether oxygens (including phenoxy) is 1. The van der Waals surface area contributed by atoms with Crippen molar-refractivity contribution in [3.63, 3.8) is 0 Å². The van der Waals surface area contributed by atoms with Gasteiger partial charge >= 0.3 is 0 Å². The summed E-state index contributed by atoms with van der Waals surface area (Å²) in [5.41, 5.74) is 7.42. The Kier molecular flexibility index (Phi) is 3.93. The summed E-state index contributed by atoms with van der Waals surface area (Å²) in [4.78, 5) is 11.3. The number of carbonyl (C=O) groups is 1. The first-order chi connectivity index (χ1) is 8.90. The predicted octanol–water partition coefficient (Wildman–Crippen LogP) is 1.87. The average molecular weight is 280 g/mol. The molecular weight excluding hydrogens is 260 g/mol. The monoisotopic (exact) mass is 280 g/mol. The molecule has 19 heavy (non-hydrogen) atoms. The van der Waals surface area contributed by atoms with E-state index in [0.29, 0.717) is 18.0 Å². The number of rotatable bonds is 4. The summed E-state index contributed by atoms with van der Waals surface area (Å²) in [5.74, 6) is 0.538.